The fourth-order valence-electron chi connectivity index (χ4n) is 3.18. The Hall–Kier alpha value is -3.00. The van der Waals surface area contributed by atoms with Crippen LogP contribution in [0.5, 0.6) is 0 Å². The van der Waals surface area contributed by atoms with Crippen LogP contribution in [0.1, 0.15) is 28.4 Å². The van der Waals surface area contributed by atoms with Crippen molar-refractivity contribution in [2.75, 3.05) is 43.2 Å². The van der Waals surface area contributed by atoms with Crippen molar-refractivity contribution in [1.29, 1.82) is 0 Å². The minimum Gasteiger partial charge on any atom is -0.378 e. The molecule has 2 aromatic rings. The standard InChI is InChI=1S/C21H25FN4O3/c1-14-11-18(26-7-9-29-10-8-26)24-20(25(3)15(2)27)19(14)21(28)23-13-16-5-4-6-17(22)12-16/h4-6,11-12H,7-10,13H2,1-3H3,(H,23,28). The number of carbonyl (C=O) groups excluding carboxylic acids is 2. The van der Waals surface area contributed by atoms with Gasteiger partial charge in [0.2, 0.25) is 5.91 Å². The van der Waals surface area contributed by atoms with E-state index in [1.807, 2.05) is 13.0 Å². The van der Waals surface area contributed by atoms with Crippen molar-refractivity contribution >= 4 is 23.5 Å². The Bertz CT molecular complexity index is 913. The lowest BCUT2D eigenvalue weighted by molar-refractivity contribution is -0.116. The summed E-state index contributed by atoms with van der Waals surface area (Å²) in [6.45, 7) is 6.02. The molecule has 0 unspecified atom stereocenters. The van der Waals surface area contributed by atoms with Crippen LogP contribution in [0.3, 0.4) is 0 Å². The zero-order chi connectivity index (χ0) is 21.0. The molecule has 1 saturated heterocycles. The lowest BCUT2D eigenvalue weighted by atomic mass is 10.1. The topological polar surface area (TPSA) is 74.8 Å². The molecule has 154 valence electrons. The molecule has 1 aliphatic heterocycles. The van der Waals surface area contributed by atoms with Crippen LogP contribution in [0.25, 0.3) is 0 Å². The highest BCUT2D eigenvalue weighted by Crippen LogP contribution is 2.27. The molecule has 29 heavy (non-hydrogen) atoms. The molecule has 0 bridgehead atoms. The molecule has 1 aromatic heterocycles. The van der Waals surface area contributed by atoms with Gasteiger partial charge in [0.15, 0.2) is 0 Å². The number of anilines is 2. The van der Waals surface area contributed by atoms with Gasteiger partial charge in [0.1, 0.15) is 17.5 Å². The number of carbonyl (C=O) groups is 2. The fourth-order valence-corrected chi connectivity index (χ4v) is 3.18. The summed E-state index contributed by atoms with van der Waals surface area (Å²) in [7, 11) is 1.59. The van der Waals surface area contributed by atoms with Crippen molar-refractivity contribution in [3.05, 3.63) is 52.8 Å². The molecule has 1 aromatic carbocycles. The van der Waals surface area contributed by atoms with Gasteiger partial charge >= 0.3 is 0 Å². The third-order valence-electron chi connectivity index (χ3n) is 4.88. The first-order chi connectivity index (χ1) is 13.9. The minimum atomic E-state index is -0.365. The van der Waals surface area contributed by atoms with E-state index in [0.717, 1.165) is 0 Å². The van der Waals surface area contributed by atoms with Crippen molar-refractivity contribution in [2.45, 2.75) is 20.4 Å². The molecule has 2 heterocycles. The van der Waals surface area contributed by atoms with Crippen molar-refractivity contribution in [3.63, 3.8) is 0 Å². The number of pyridine rings is 1. The number of ether oxygens (including phenoxy) is 1. The van der Waals surface area contributed by atoms with Gasteiger partial charge in [0.25, 0.3) is 5.91 Å². The van der Waals surface area contributed by atoms with Gasteiger partial charge in [0, 0.05) is 33.6 Å². The number of hydrogen-bond donors (Lipinski definition) is 1. The van der Waals surface area contributed by atoms with Crippen LogP contribution in [-0.2, 0) is 16.1 Å². The molecule has 1 aliphatic rings. The monoisotopic (exact) mass is 400 g/mol. The second-order valence-corrected chi connectivity index (χ2v) is 6.99. The molecule has 0 atom stereocenters. The molecule has 1 N–H and O–H groups in total. The zero-order valence-electron chi connectivity index (χ0n) is 16.9. The summed E-state index contributed by atoms with van der Waals surface area (Å²) in [6.07, 6.45) is 0. The summed E-state index contributed by atoms with van der Waals surface area (Å²) in [5.41, 5.74) is 1.69. The molecule has 7 nitrogen and oxygen atoms in total. The summed E-state index contributed by atoms with van der Waals surface area (Å²) in [4.78, 5) is 33.0. The van der Waals surface area contributed by atoms with Gasteiger partial charge in [-0.15, -0.1) is 0 Å². The van der Waals surface area contributed by atoms with Gasteiger partial charge in [-0.25, -0.2) is 9.37 Å². The number of nitrogens with one attached hydrogen (secondary N) is 1. The number of rotatable bonds is 5. The van der Waals surface area contributed by atoms with E-state index in [-0.39, 0.29) is 24.2 Å². The summed E-state index contributed by atoms with van der Waals surface area (Å²) in [5.74, 6) is 0.0545. The molecule has 2 amide bonds. The predicted octanol–water partition coefficient (Wildman–Crippen LogP) is 2.28. The van der Waals surface area contributed by atoms with E-state index in [1.54, 1.807) is 19.2 Å². The maximum Gasteiger partial charge on any atom is 0.255 e. The Morgan fingerprint density at radius 3 is 2.66 bits per heavy atom. The molecule has 3 rings (SSSR count). The first-order valence-corrected chi connectivity index (χ1v) is 9.48. The van der Waals surface area contributed by atoms with Crippen LogP contribution < -0.4 is 15.1 Å². The number of aryl methyl sites for hydroxylation is 1. The first-order valence-electron chi connectivity index (χ1n) is 9.48. The third-order valence-corrected chi connectivity index (χ3v) is 4.88. The number of morpholine rings is 1. The molecule has 8 heteroatoms. The molecule has 0 spiro atoms. The van der Waals surface area contributed by atoms with Gasteiger partial charge in [-0.2, -0.15) is 0 Å². The first kappa shape index (κ1) is 20.7. The van der Waals surface area contributed by atoms with E-state index in [9.17, 15) is 14.0 Å². The largest absolute Gasteiger partial charge is 0.378 e. The van der Waals surface area contributed by atoms with Crippen LogP contribution in [0.15, 0.2) is 30.3 Å². The minimum absolute atomic E-state index is 0.171. The molecule has 1 fully saturated rings. The van der Waals surface area contributed by atoms with Crippen LogP contribution in [0.2, 0.25) is 0 Å². The van der Waals surface area contributed by atoms with Gasteiger partial charge < -0.3 is 15.0 Å². The van der Waals surface area contributed by atoms with Gasteiger partial charge in [-0.05, 0) is 36.2 Å². The lowest BCUT2D eigenvalue weighted by Crippen LogP contribution is -2.38. The Kier molecular flexibility index (Phi) is 6.43. The fraction of sp³-hybridized carbons (Fsp3) is 0.381. The van der Waals surface area contributed by atoms with Gasteiger partial charge in [-0.1, -0.05) is 12.1 Å². The second kappa shape index (κ2) is 9.00. The van der Waals surface area contributed by atoms with Crippen LogP contribution >= 0.6 is 0 Å². The van der Waals surface area contributed by atoms with Crippen molar-refractivity contribution < 1.29 is 18.7 Å². The number of amides is 2. The average Bonchev–Trinajstić information content (AvgIpc) is 2.71. The highest BCUT2D eigenvalue weighted by molar-refractivity contribution is 6.04. The number of benzene rings is 1. The van der Waals surface area contributed by atoms with Crippen molar-refractivity contribution in [3.8, 4) is 0 Å². The lowest BCUT2D eigenvalue weighted by Gasteiger charge is -2.30. The molecule has 0 aliphatic carbocycles. The summed E-state index contributed by atoms with van der Waals surface area (Å²) in [5, 5.41) is 2.80. The Morgan fingerprint density at radius 1 is 1.28 bits per heavy atom. The predicted molar refractivity (Wildman–Crippen MR) is 109 cm³/mol. The summed E-state index contributed by atoms with van der Waals surface area (Å²) < 4.78 is 18.8. The Balaban J connectivity index is 1.90. The maximum atomic E-state index is 13.4. The van der Waals surface area contributed by atoms with Gasteiger partial charge in [-0.3, -0.25) is 14.5 Å². The highest BCUT2D eigenvalue weighted by atomic mass is 19.1. The van der Waals surface area contributed by atoms with Crippen molar-refractivity contribution in [1.82, 2.24) is 10.3 Å². The molecular formula is C21H25FN4O3. The average molecular weight is 400 g/mol. The summed E-state index contributed by atoms with van der Waals surface area (Å²) >= 11 is 0. The van der Waals surface area contributed by atoms with E-state index in [4.69, 9.17) is 4.74 Å². The molecule has 0 saturated carbocycles. The van der Waals surface area contributed by atoms with Crippen molar-refractivity contribution in [2.24, 2.45) is 0 Å². The number of halogens is 1. The van der Waals surface area contributed by atoms with E-state index < -0.39 is 0 Å². The van der Waals surface area contributed by atoms with Crippen LogP contribution in [0.4, 0.5) is 16.0 Å². The smallest absolute Gasteiger partial charge is 0.255 e. The van der Waals surface area contributed by atoms with E-state index in [0.29, 0.717) is 54.6 Å². The van der Waals surface area contributed by atoms with E-state index in [2.05, 4.69) is 15.2 Å². The van der Waals surface area contributed by atoms with E-state index in [1.165, 1.54) is 24.0 Å². The quantitative estimate of drug-likeness (QED) is 0.834. The van der Waals surface area contributed by atoms with Gasteiger partial charge in [0.05, 0.1) is 18.8 Å². The SMILES string of the molecule is CC(=O)N(C)c1nc(N2CCOCC2)cc(C)c1C(=O)NCc1cccc(F)c1. The number of hydrogen-bond acceptors (Lipinski definition) is 5. The van der Waals surface area contributed by atoms with E-state index >= 15 is 0 Å². The Morgan fingerprint density at radius 2 is 2.00 bits per heavy atom. The zero-order valence-corrected chi connectivity index (χ0v) is 16.9. The third kappa shape index (κ3) is 4.89. The normalized spacial score (nSPS) is 13.9. The molecular weight excluding hydrogens is 375 g/mol. The number of nitrogens with zero attached hydrogens (tertiary/aromatic N) is 3. The highest BCUT2D eigenvalue weighted by Gasteiger charge is 2.24. The summed E-state index contributed by atoms with van der Waals surface area (Å²) in [6, 6.07) is 7.90. The van der Waals surface area contributed by atoms with Crippen LogP contribution in [-0.4, -0.2) is 50.1 Å². The second-order valence-electron chi connectivity index (χ2n) is 6.99. The maximum absolute atomic E-state index is 13.4. The molecule has 0 radical (unpaired) electrons. The number of aromatic nitrogens is 1. The van der Waals surface area contributed by atoms with Crippen LogP contribution in [0, 0.1) is 12.7 Å². The Labute approximate surface area is 169 Å².